The Kier molecular flexibility index (Phi) is 7.98. The van der Waals surface area contributed by atoms with Crippen molar-refractivity contribution in [1.82, 2.24) is 4.57 Å². The first kappa shape index (κ1) is 23.9. The molecule has 3 aromatic rings. The molecule has 170 valence electrons. The van der Waals surface area contributed by atoms with E-state index >= 15 is 0 Å². The van der Waals surface area contributed by atoms with E-state index < -0.39 is 11.9 Å². The van der Waals surface area contributed by atoms with Crippen LogP contribution in [0.15, 0.2) is 46.3 Å². The maximum absolute atomic E-state index is 12.9. The van der Waals surface area contributed by atoms with Crippen LogP contribution in [-0.4, -0.2) is 42.5 Å². The lowest BCUT2D eigenvalue weighted by Crippen LogP contribution is -2.23. The van der Waals surface area contributed by atoms with Crippen molar-refractivity contribution in [3.05, 3.63) is 46.8 Å². The molecule has 1 heterocycles. The lowest BCUT2D eigenvalue weighted by Gasteiger charge is -2.10. The van der Waals surface area contributed by atoms with Gasteiger partial charge in [-0.05, 0) is 43.3 Å². The van der Waals surface area contributed by atoms with Gasteiger partial charge in [0, 0.05) is 15.7 Å². The fraction of sp³-hybridized carbons (Fsp3) is 0.348. The number of thioether (sulfide) groups is 1. The monoisotopic (exact) mass is 474 g/mol. The number of rotatable bonds is 8. The lowest BCUT2D eigenvalue weighted by molar-refractivity contribution is -0.143. The van der Waals surface area contributed by atoms with Gasteiger partial charge in [0.1, 0.15) is 28.3 Å². The Morgan fingerprint density at radius 3 is 2.31 bits per heavy atom. The average molecular weight is 475 g/mol. The van der Waals surface area contributed by atoms with Crippen molar-refractivity contribution in [3.63, 3.8) is 0 Å². The number of aromatic nitrogens is 1. The van der Waals surface area contributed by atoms with E-state index in [2.05, 4.69) is 18.8 Å². The SMILES string of the molecule is CCOC(=O)Cn1c(=NC(=O)c2ccc(SC(C)C)cc2)sc2c(OC)ccc(OC)c21. The van der Waals surface area contributed by atoms with Crippen LogP contribution in [0.5, 0.6) is 11.5 Å². The molecule has 1 aromatic heterocycles. The van der Waals surface area contributed by atoms with Crippen molar-refractivity contribution in [2.75, 3.05) is 20.8 Å². The van der Waals surface area contributed by atoms with Crippen LogP contribution in [0.1, 0.15) is 31.1 Å². The molecule has 0 unspecified atom stereocenters. The average Bonchev–Trinajstić information content (AvgIpc) is 3.11. The highest BCUT2D eigenvalue weighted by atomic mass is 32.2. The molecule has 0 saturated heterocycles. The summed E-state index contributed by atoms with van der Waals surface area (Å²) in [7, 11) is 3.11. The van der Waals surface area contributed by atoms with Gasteiger partial charge < -0.3 is 18.8 Å². The topological polar surface area (TPSA) is 79.1 Å². The highest BCUT2D eigenvalue weighted by Crippen LogP contribution is 2.35. The lowest BCUT2D eigenvalue weighted by atomic mass is 10.2. The summed E-state index contributed by atoms with van der Waals surface area (Å²) in [5.41, 5.74) is 1.09. The quantitative estimate of drug-likeness (QED) is 0.353. The number of methoxy groups -OCH3 is 2. The summed E-state index contributed by atoms with van der Waals surface area (Å²) in [4.78, 5) is 31.0. The number of amides is 1. The second-order valence-electron chi connectivity index (χ2n) is 7.03. The number of fused-ring (bicyclic) bond motifs is 1. The Morgan fingerprint density at radius 1 is 1.06 bits per heavy atom. The van der Waals surface area contributed by atoms with Crippen LogP contribution in [0.4, 0.5) is 0 Å². The summed E-state index contributed by atoms with van der Waals surface area (Å²) >= 11 is 2.98. The number of nitrogens with zero attached hydrogens (tertiary/aromatic N) is 2. The maximum atomic E-state index is 12.9. The summed E-state index contributed by atoms with van der Waals surface area (Å²) in [6.07, 6.45) is 0. The van der Waals surface area contributed by atoms with Crippen molar-refractivity contribution in [3.8, 4) is 11.5 Å². The third-order valence-corrected chi connectivity index (χ3v) is 6.56. The fourth-order valence-corrected chi connectivity index (χ4v) is 5.10. The molecular weight excluding hydrogens is 448 g/mol. The minimum atomic E-state index is -0.430. The van der Waals surface area contributed by atoms with Crippen molar-refractivity contribution >= 4 is 45.2 Å². The van der Waals surface area contributed by atoms with Gasteiger partial charge in [0.25, 0.3) is 5.91 Å². The van der Waals surface area contributed by atoms with Crippen molar-refractivity contribution < 1.29 is 23.8 Å². The molecule has 0 aliphatic carbocycles. The zero-order chi connectivity index (χ0) is 23.3. The number of carbonyl (C=O) groups excluding carboxylic acids is 2. The minimum Gasteiger partial charge on any atom is -0.495 e. The van der Waals surface area contributed by atoms with E-state index in [1.807, 2.05) is 12.1 Å². The van der Waals surface area contributed by atoms with Crippen LogP contribution in [0.3, 0.4) is 0 Å². The third kappa shape index (κ3) is 5.34. The molecule has 0 fully saturated rings. The Bertz CT molecular complexity index is 1180. The molecule has 3 rings (SSSR count). The number of benzene rings is 2. The van der Waals surface area contributed by atoms with Gasteiger partial charge in [-0.25, -0.2) is 0 Å². The predicted molar refractivity (Wildman–Crippen MR) is 127 cm³/mol. The molecule has 0 bridgehead atoms. The van der Waals surface area contributed by atoms with Gasteiger partial charge in [-0.3, -0.25) is 9.59 Å². The smallest absolute Gasteiger partial charge is 0.326 e. The van der Waals surface area contributed by atoms with E-state index in [9.17, 15) is 9.59 Å². The maximum Gasteiger partial charge on any atom is 0.326 e. The number of hydrogen-bond donors (Lipinski definition) is 0. The van der Waals surface area contributed by atoms with E-state index in [4.69, 9.17) is 14.2 Å². The first-order chi connectivity index (χ1) is 15.4. The highest BCUT2D eigenvalue weighted by molar-refractivity contribution is 7.99. The number of hydrogen-bond acceptors (Lipinski definition) is 7. The molecule has 9 heteroatoms. The van der Waals surface area contributed by atoms with Gasteiger partial charge in [-0.1, -0.05) is 25.2 Å². The van der Waals surface area contributed by atoms with Crippen molar-refractivity contribution in [1.29, 1.82) is 0 Å². The third-order valence-electron chi connectivity index (χ3n) is 4.46. The summed E-state index contributed by atoms with van der Waals surface area (Å²) in [6, 6.07) is 10.9. The van der Waals surface area contributed by atoms with E-state index in [-0.39, 0.29) is 13.2 Å². The van der Waals surface area contributed by atoms with Gasteiger partial charge >= 0.3 is 5.97 Å². The highest BCUT2D eigenvalue weighted by Gasteiger charge is 2.19. The van der Waals surface area contributed by atoms with E-state index in [1.54, 1.807) is 61.7 Å². The first-order valence-corrected chi connectivity index (χ1v) is 11.8. The molecular formula is C23H26N2O5S2. The molecule has 1 amide bonds. The molecule has 0 atom stereocenters. The summed E-state index contributed by atoms with van der Waals surface area (Å²) < 4.78 is 18.5. The molecule has 0 spiro atoms. The first-order valence-electron chi connectivity index (χ1n) is 10.1. The Hall–Kier alpha value is -2.78. The standard InChI is InChI=1S/C23H26N2O5S2/c1-6-30-19(26)13-25-20-17(28-4)11-12-18(29-5)21(20)32-23(25)24-22(27)15-7-9-16(10-8-15)31-14(2)3/h7-12,14H,6,13H2,1-5H3. The van der Waals surface area contributed by atoms with Gasteiger partial charge in [-0.15, -0.1) is 11.8 Å². The zero-order valence-corrected chi connectivity index (χ0v) is 20.3. The van der Waals surface area contributed by atoms with E-state index in [0.717, 1.165) is 9.60 Å². The van der Waals surface area contributed by atoms with E-state index in [1.165, 1.54) is 11.3 Å². The zero-order valence-electron chi connectivity index (χ0n) is 18.7. The predicted octanol–water partition coefficient (Wildman–Crippen LogP) is 4.52. The Labute approximate surface area is 195 Å². The van der Waals surface area contributed by atoms with Crippen molar-refractivity contribution in [2.24, 2.45) is 4.99 Å². The number of thiazole rings is 1. The van der Waals surface area contributed by atoms with Gasteiger partial charge in [0.15, 0.2) is 4.80 Å². The Balaban J connectivity index is 2.12. The largest absolute Gasteiger partial charge is 0.495 e. The number of ether oxygens (including phenoxy) is 3. The summed E-state index contributed by atoms with van der Waals surface area (Å²) in [5, 5.41) is 0.451. The molecule has 0 saturated carbocycles. The molecule has 0 aliphatic rings. The fourth-order valence-electron chi connectivity index (χ4n) is 3.12. The van der Waals surface area contributed by atoms with Gasteiger partial charge in [-0.2, -0.15) is 4.99 Å². The van der Waals surface area contributed by atoms with Crippen LogP contribution in [0, 0.1) is 0 Å². The molecule has 0 N–H and O–H groups in total. The molecule has 2 aromatic carbocycles. The van der Waals surface area contributed by atoms with Crippen molar-refractivity contribution in [2.45, 2.75) is 37.5 Å². The number of carbonyl (C=O) groups is 2. The normalized spacial score (nSPS) is 11.8. The van der Waals surface area contributed by atoms with Crippen LogP contribution in [0.2, 0.25) is 0 Å². The molecule has 7 nitrogen and oxygen atoms in total. The summed E-state index contributed by atoms with van der Waals surface area (Å²) in [5.74, 6) is 0.326. The molecule has 0 radical (unpaired) electrons. The van der Waals surface area contributed by atoms with Crippen LogP contribution in [-0.2, 0) is 16.1 Å². The second-order valence-corrected chi connectivity index (χ2v) is 9.66. The van der Waals surface area contributed by atoms with Crippen LogP contribution < -0.4 is 14.3 Å². The summed E-state index contributed by atoms with van der Waals surface area (Å²) in [6.45, 7) is 6.13. The van der Waals surface area contributed by atoms with Crippen LogP contribution >= 0.6 is 23.1 Å². The molecule has 0 aliphatic heterocycles. The molecule has 32 heavy (non-hydrogen) atoms. The minimum absolute atomic E-state index is 0.104. The van der Waals surface area contributed by atoms with E-state index in [0.29, 0.717) is 32.6 Å². The van der Waals surface area contributed by atoms with Crippen LogP contribution in [0.25, 0.3) is 10.2 Å². The Morgan fingerprint density at radius 2 is 1.72 bits per heavy atom. The van der Waals surface area contributed by atoms with Gasteiger partial charge in [0.2, 0.25) is 0 Å². The van der Waals surface area contributed by atoms with Gasteiger partial charge in [0.05, 0.1) is 20.8 Å². The number of esters is 1. The second kappa shape index (κ2) is 10.7.